The predicted molar refractivity (Wildman–Crippen MR) is 92.7 cm³/mol. The summed E-state index contributed by atoms with van der Waals surface area (Å²) >= 11 is 0. The lowest BCUT2D eigenvalue weighted by Crippen LogP contribution is -2.41. The lowest BCUT2D eigenvalue weighted by molar-refractivity contribution is 0.190. The highest BCUT2D eigenvalue weighted by atomic mass is 15.1. The summed E-state index contributed by atoms with van der Waals surface area (Å²) in [7, 11) is 0. The van der Waals surface area contributed by atoms with Crippen LogP contribution in [0.25, 0.3) is 0 Å². The Morgan fingerprint density at radius 2 is 1.74 bits per heavy atom. The van der Waals surface area contributed by atoms with Gasteiger partial charge in [-0.3, -0.25) is 4.90 Å². The topological polar surface area (TPSA) is 39.1 Å². The van der Waals surface area contributed by atoms with Crippen molar-refractivity contribution >= 4 is 0 Å². The average Bonchev–Trinajstić information content (AvgIpc) is 2.62. The van der Waals surface area contributed by atoms with Crippen molar-refractivity contribution < 1.29 is 0 Å². The van der Waals surface area contributed by atoms with E-state index in [1.54, 1.807) is 0 Å². The van der Waals surface area contributed by atoms with E-state index in [0.717, 1.165) is 31.7 Å². The molecule has 0 unspecified atom stereocenters. The van der Waals surface area contributed by atoms with E-state index in [1.165, 1.54) is 24.0 Å². The molecule has 1 aliphatic heterocycles. The summed E-state index contributed by atoms with van der Waals surface area (Å²) in [5.41, 5.74) is 3.32. The molecule has 0 bridgehead atoms. The minimum atomic E-state index is 0.577. The van der Waals surface area contributed by atoms with Gasteiger partial charge in [-0.2, -0.15) is 5.26 Å². The van der Waals surface area contributed by atoms with Crippen molar-refractivity contribution in [1.82, 2.24) is 10.2 Å². The van der Waals surface area contributed by atoms with E-state index in [0.29, 0.717) is 6.04 Å². The van der Waals surface area contributed by atoms with E-state index in [-0.39, 0.29) is 0 Å². The van der Waals surface area contributed by atoms with Crippen LogP contribution in [0.4, 0.5) is 0 Å². The van der Waals surface area contributed by atoms with Gasteiger partial charge in [-0.05, 0) is 49.2 Å². The first-order chi connectivity index (χ1) is 11.3. The number of hydrogen-bond acceptors (Lipinski definition) is 3. The second-order valence-electron chi connectivity index (χ2n) is 6.23. The summed E-state index contributed by atoms with van der Waals surface area (Å²) in [5.74, 6) is 0. The highest BCUT2D eigenvalue weighted by Crippen LogP contribution is 2.14. The van der Waals surface area contributed by atoms with E-state index in [2.05, 4.69) is 52.7 Å². The maximum atomic E-state index is 8.95. The number of hydrogen-bond donors (Lipinski definition) is 1. The second-order valence-corrected chi connectivity index (χ2v) is 6.23. The molecule has 1 N–H and O–H groups in total. The fourth-order valence-electron chi connectivity index (χ4n) is 3.15. The average molecular weight is 305 g/mol. The molecule has 0 amide bonds. The summed E-state index contributed by atoms with van der Waals surface area (Å²) in [6, 6.07) is 21.3. The Bertz CT molecular complexity index is 652. The maximum Gasteiger partial charge on any atom is 0.0991 e. The fourth-order valence-corrected chi connectivity index (χ4v) is 3.15. The van der Waals surface area contributed by atoms with Crippen LogP contribution in [0.1, 0.15) is 29.5 Å². The lowest BCUT2D eigenvalue weighted by Gasteiger charge is -2.32. The third-order valence-electron chi connectivity index (χ3n) is 4.49. The van der Waals surface area contributed by atoms with E-state index in [4.69, 9.17) is 5.26 Å². The largest absolute Gasteiger partial charge is 0.310 e. The molecule has 0 radical (unpaired) electrons. The Labute approximate surface area is 138 Å². The quantitative estimate of drug-likeness (QED) is 0.921. The molecule has 0 spiro atoms. The van der Waals surface area contributed by atoms with Crippen molar-refractivity contribution in [2.24, 2.45) is 0 Å². The van der Waals surface area contributed by atoms with Gasteiger partial charge in [0.25, 0.3) is 0 Å². The van der Waals surface area contributed by atoms with Crippen LogP contribution < -0.4 is 5.32 Å². The van der Waals surface area contributed by atoms with E-state index >= 15 is 0 Å². The van der Waals surface area contributed by atoms with Gasteiger partial charge in [0.1, 0.15) is 0 Å². The molecule has 1 saturated heterocycles. The zero-order valence-corrected chi connectivity index (χ0v) is 13.4. The van der Waals surface area contributed by atoms with Gasteiger partial charge in [-0.15, -0.1) is 0 Å². The predicted octanol–water partition coefficient (Wildman–Crippen LogP) is 3.31. The third kappa shape index (κ3) is 4.66. The van der Waals surface area contributed by atoms with Crippen LogP contribution in [0.5, 0.6) is 0 Å². The third-order valence-corrected chi connectivity index (χ3v) is 4.49. The number of nitrogens with zero attached hydrogens (tertiary/aromatic N) is 2. The fraction of sp³-hybridized carbons (Fsp3) is 0.350. The summed E-state index contributed by atoms with van der Waals surface area (Å²) in [6.45, 7) is 4.19. The zero-order valence-electron chi connectivity index (χ0n) is 13.4. The lowest BCUT2D eigenvalue weighted by atomic mass is 10.0. The number of likely N-dealkylation sites (tertiary alicyclic amines) is 1. The summed E-state index contributed by atoms with van der Waals surface area (Å²) < 4.78 is 0. The molecule has 118 valence electrons. The molecule has 3 nitrogen and oxygen atoms in total. The van der Waals surface area contributed by atoms with Crippen LogP contribution in [0.3, 0.4) is 0 Å². The van der Waals surface area contributed by atoms with Gasteiger partial charge in [0, 0.05) is 19.1 Å². The SMILES string of the molecule is N#Cc1cccc(CNC2CCN(Cc3ccccc3)CC2)c1. The Balaban J connectivity index is 1.43. The zero-order chi connectivity index (χ0) is 15.9. The molecule has 0 saturated carbocycles. The first-order valence-corrected chi connectivity index (χ1v) is 8.32. The molecule has 0 aromatic heterocycles. The molecule has 2 aromatic rings. The van der Waals surface area contributed by atoms with Crippen LogP contribution in [0, 0.1) is 11.3 Å². The van der Waals surface area contributed by atoms with E-state index in [1.807, 2.05) is 18.2 Å². The van der Waals surface area contributed by atoms with Gasteiger partial charge in [0.2, 0.25) is 0 Å². The van der Waals surface area contributed by atoms with E-state index < -0.39 is 0 Å². The van der Waals surface area contributed by atoms with Crippen LogP contribution in [-0.4, -0.2) is 24.0 Å². The Kier molecular flexibility index (Phi) is 5.42. The number of rotatable bonds is 5. The Hall–Kier alpha value is -2.15. The highest BCUT2D eigenvalue weighted by Gasteiger charge is 2.18. The molecule has 2 aromatic carbocycles. The standard InChI is InChI=1S/C20H23N3/c21-14-18-7-4-8-19(13-18)15-22-20-9-11-23(12-10-20)16-17-5-2-1-3-6-17/h1-8,13,20,22H,9-12,15-16H2. The van der Waals surface area contributed by atoms with Crippen LogP contribution in [0.15, 0.2) is 54.6 Å². The molecule has 3 rings (SSSR count). The van der Waals surface area contributed by atoms with Gasteiger partial charge in [0.05, 0.1) is 11.6 Å². The number of piperidine rings is 1. The molecule has 0 aliphatic carbocycles. The molecular weight excluding hydrogens is 282 g/mol. The number of nitriles is 1. The normalized spacial score (nSPS) is 16.1. The van der Waals surface area contributed by atoms with Crippen LogP contribution in [-0.2, 0) is 13.1 Å². The molecule has 1 heterocycles. The molecule has 3 heteroatoms. The Morgan fingerprint density at radius 1 is 1.00 bits per heavy atom. The monoisotopic (exact) mass is 305 g/mol. The Morgan fingerprint density at radius 3 is 2.48 bits per heavy atom. The second kappa shape index (κ2) is 7.92. The summed E-state index contributed by atoms with van der Waals surface area (Å²) in [4.78, 5) is 2.53. The molecular formula is C20H23N3. The maximum absolute atomic E-state index is 8.95. The summed E-state index contributed by atoms with van der Waals surface area (Å²) in [5, 5.41) is 12.6. The molecule has 1 fully saturated rings. The molecule has 23 heavy (non-hydrogen) atoms. The van der Waals surface area contributed by atoms with Crippen molar-refractivity contribution in [3.63, 3.8) is 0 Å². The van der Waals surface area contributed by atoms with Gasteiger partial charge in [-0.25, -0.2) is 0 Å². The van der Waals surface area contributed by atoms with Crippen molar-refractivity contribution in [3.8, 4) is 6.07 Å². The van der Waals surface area contributed by atoms with Gasteiger partial charge >= 0.3 is 0 Å². The molecule has 0 atom stereocenters. The van der Waals surface area contributed by atoms with Crippen molar-refractivity contribution in [2.45, 2.75) is 32.0 Å². The van der Waals surface area contributed by atoms with Crippen LogP contribution >= 0.6 is 0 Å². The number of benzene rings is 2. The molecule has 1 aliphatic rings. The van der Waals surface area contributed by atoms with Crippen molar-refractivity contribution in [1.29, 1.82) is 5.26 Å². The first kappa shape index (κ1) is 15.7. The van der Waals surface area contributed by atoms with Gasteiger partial charge in [-0.1, -0.05) is 42.5 Å². The van der Waals surface area contributed by atoms with Crippen molar-refractivity contribution in [2.75, 3.05) is 13.1 Å². The van der Waals surface area contributed by atoms with Gasteiger partial charge < -0.3 is 5.32 Å². The smallest absolute Gasteiger partial charge is 0.0991 e. The first-order valence-electron chi connectivity index (χ1n) is 8.32. The minimum absolute atomic E-state index is 0.577. The van der Waals surface area contributed by atoms with Crippen molar-refractivity contribution in [3.05, 3.63) is 71.3 Å². The minimum Gasteiger partial charge on any atom is -0.310 e. The number of nitrogens with one attached hydrogen (secondary N) is 1. The van der Waals surface area contributed by atoms with E-state index in [9.17, 15) is 0 Å². The summed E-state index contributed by atoms with van der Waals surface area (Å²) in [6.07, 6.45) is 2.37. The highest BCUT2D eigenvalue weighted by molar-refractivity contribution is 5.32. The van der Waals surface area contributed by atoms with Gasteiger partial charge in [0.15, 0.2) is 0 Å². The van der Waals surface area contributed by atoms with Crippen LogP contribution in [0.2, 0.25) is 0 Å².